The van der Waals surface area contributed by atoms with Crippen molar-refractivity contribution in [3.05, 3.63) is 0 Å². The molecule has 8 heteroatoms. The number of hydrogen-bond acceptors (Lipinski definition) is 4. The van der Waals surface area contributed by atoms with Gasteiger partial charge in [-0.2, -0.15) is 17.6 Å². The second-order valence-corrected chi connectivity index (χ2v) is 6.74. The second-order valence-electron chi connectivity index (χ2n) is 6.74. The van der Waals surface area contributed by atoms with Gasteiger partial charge in [-0.05, 0) is 55.8 Å². The highest BCUT2D eigenvalue weighted by Crippen LogP contribution is 2.55. The zero-order chi connectivity index (χ0) is 16.3. The quantitative estimate of drug-likeness (QED) is 0.579. The maximum atomic E-state index is 13.4. The number of aliphatic carboxylic acids is 1. The van der Waals surface area contributed by atoms with Gasteiger partial charge in [0.05, 0.1) is 0 Å². The first-order valence-corrected chi connectivity index (χ1v) is 7.31. The molecule has 4 saturated carbocycles. The van der Waals surface area contributed by atoms with E-state index in [1.54, 1.807) is 0 Å². The molecule has 0 aromatic heterocycles. The van der Waals surface area contributed by atoms with E-state index >= 15 is 0 Å². The molecular formula is C14H15F4O4-. The van der Waals surface area contributed by atoms with Gasteiger partial charge >= 0.3 is 17.8 Å². The van der Waals surface area contributed by atoms with E-state index < -0.39 is 29.9 Å². The lowest BCUT2D eigenvalue weighted by Gasteiger charge is -2.53. The van der Waals surface area contributed by atoms with E-state index in [1.807, 2.05) is 0 Å². The predicted octanol–water partition coefficient (Wildman–Crippen LogP) is 1.37. The van der Waals surface area contributed by atoms with Gasteiger partial charge in [0.2, 0.25) is 0 Å². The Hall–Kier alpha value is -1.34. The molecule has 4 aliphatic rings. The molecule has 124 valence electrons. The highest BCUT2D eigenvalue weighted by Gasteiger charge is 2.65. The summed E-state index contributed by atoms with van der Waals surface area (Å²) in [6, 6.07) is 0. The maximum absolute atomic E-state index is 13.4. The average Bonchev–Trinajstić information content (AvgIpc) is 2.41. The summed E-state index contributed by atoms with van der Waals surface area (Å²) in [6.45, 7) is 0. The van der Waals surface area contributed by atoms with E-state index in [1.165, 1.54) is 0 Å². The molecular weight excluding hydrogens is 308 g/mol. The van der Waals surface area contributed by atoms with Crippen LogP contribution in [0.15, 0.2) is 0 Å². The van der Waals surface area contributed by atoms with Gasteiger partial charge in [0.1, 0.15) is 12.1 Å². The normalized spacial score (nSPS) is 37.2. The third kappa shape index (κ3) is 2.18. The number of carboxylic acid groups (broad SMARTS) is 1. The van der Waals surface area contributed by atoms with Crippen molar-refractivity contribution >= 4 is 11.9 Å². The van der Waals surface area contributed by atoms with Crippen molar-refractivity contribution in [2.45, 2.75) is 50.1 Å². The van der Waals surface area contributed by atoms with E-state index in [2.05, 4.69) is 4.74 Å². The largest absolute Gasteiger partial charge is 0.544 e. The van der Waals surface area contributed by atoms with Gasteiger partial charge < -0.3 is 14.6 Å². The molecule has 0 unspecified atom stereocenters. The van der Waals surface area contributed by atoms with Crippen molar-refractivity contribution in [3.63, 3.8) is 0 Å². The number of ether oxygens (including phenoxy) is 1. The zero-order valence-electron chi connectivity index (χ0n) is 11.6. The number of alkyl halides is 4. The van der Waals surface area contributed by atoms with Crippen LogP contribution >= 0.6 is 0 Å². The Labute approximate surface area is 123 Å². The standard InChI is InChI=1S/C14H16F4O4/c15-13(16,11(19)20)14(17,18)12(21)22-10-8-2-6-1-7(4-8)5-9(10)3-6/h6-10H,1-5H2,(H,19,20)/p-1. The van der Waals surface area contributed by atoms with Crippen molar-refractivity contribution in [3.8, 4) is 0 Å². The number of rotatable bonds is 4. The smallest absolute Gasteiger partial charge is 0.410 e. The van der Waals surface area contributed by atoms with E-state index in [0.717, 1.165) is 32.1 Å². The summed E-state index contributed by atoms with van der Waals surface area (Å²) in [5.41, 5.74) is 0. The molecule has 4 nitrogen and oxygen atoms in total. The molecule has 4 fully saturated rings. The summed E-state index contributed by atoms with van der Waals surface area (Å²) in [7, 11) is 0. The number of carbonyl (C=O) groups is 2. The number of carboxylic acids is 1. The third-order valence-electron chi connectivity index (χ3n) is 5.29. The SMILES string of the molecule is O=C([O-])C(F)(F)C(F)(F)C(=O)OC1C2CC3CC(C2)CC1C3. The highest BCUT2D eigenvalue weighted by molar-refractivity contribution is 5.88. The molecule has 0 aromatic rings. The van der Waals surface area contributed by atoms with Crippen molar-refractivity contribution in [1.29, 1.82) is 0 Å². The Kier molecular flexibility index (Phi) is 3.41. The zero-order valence-corrected chi connectivity index (χ0v) is 11.6. The van der Waals surface area contributed by atoms with Gasteiger partial charge in [0, 0.05) is 0 Å². The van der Waals surface area contributed by atoms with Crippen LogP contribution in [0.5, 0.6) is 0 Å². The monoisotopic (exact) mass is 323 g/mol. The third-order valence-corrected chi connectivity index (χ3v) is 5.29. The van der Waals surface area contributed by atoms with E-state index in [0.29, 0.717) is 11.8 Å². The molecule has 4 aliphatic carbocycles. The lowest BCUT2D eigenvalue weighted by Crippen LogP contribution is -2.59. The number of halogens is 4. The fraction of sp³-hybridized carbons (Fsp3) is 0.857. The first-order valence-electron chi connectivity index (χ1n) is 7.31. The van der Waals surface area contributed by atoms with Crippen molar-refractivity contribution in [1.82, 2.24) is 0 Å². The molecule has 4 bridgehead atoms. The molecule has 0 spiro atoms. The van der Waals surface area contributed by atoms with Gasteiger partial charge in [-0.25, -0.2) is 4.79 Å². The molecule has 4 rings (SSSR count). The van der Waals surface area contributed by atoms with Crippen LogP contribution in [-0.4, -0.2) is 29.9 Å². The number of carbonyl (C=O) groups excluding carboxylic acids is 2. The van der Waals surface area contributed by atoms with Crippen LogP contribution in [0.1, 0.15) is 32.1 Å². The van der Waals surface area contributed by atoms with Gasteiger partial charge in [0.25, 0.3) is 0 Å². The van der Waals surface area contributed by atoms with Crippen LogP contribution in [0, 0.1) is 23.7 Å². The van der Waals surface area contributed by atoms with Crippen LogP contribution in [0.25, 0.3) is 0 Å². The molecule has 0 amide bonds. The van der Waals surface area contributed by atoms with E-state index in [9.17, 15) is 32.3 Å². The summed E-state index contributed by atoms with van der Waals surface area (Å²) in [4.78, 5) is 21.6. The Morgan fingerprint density at radius 3 is 1.73 bits per heavy atom. The molecule has 0 heterocycles. The lowest BCUT2D eigenvalue weighted by molar-refractivity contribution is -0.347. The number of esters is 1. The average molecular weight is 323 g/mol. The minimum absolute atomic E-state index is 0.0902. The Morgan fingerprint density at radius 1 is 0.864 bits per heavy atom. The maximum Gasteiger partial charge on any atom is 0.410 e. The Balaban J connectivity index is 1.73. The van der Waals surface area contributed by atoms with Crippen molar-refractivity contribution in [2.24, 2.45) is 23.7 Å². The summed E-state index contributed by atoms with van der Waals surface area (Å²) in [6.07, 6.45) is 3.25. The Bertz CT molecular complexity index is 477. The van der Waals surface area contributed by atoms with Gasteiger partial charge in [-0.15, -0.1) is 0 Å². The van der Waals surface area contributed by atoms with Crippen LogP contribution in [0.2, 0.25) is 0 Å². The van der Waals surface area contributed by atoms with Crippen LogP contribution in [-0.2, 0) is 14.3 Å². The minimum Gasteiger partial charge on any atom is -0.544 e. The van der Waals surface area contributed by atoms with Gasteiger partial charge in [0.15, 0.2) is 0 Å². The molecule has 0 atom stereocenters. The Morgan fingerprint density at radius 2 is 1.32 bits per heavy atom. The molecule has 0 aromatic carbocycles. The molecule has 0 saturated heterocycles. The topological polar surface area (TPSA) is 66.4 Å². The number of hydrogen-bond donors (Lipinski definition) is 0. The van der Waals surface area contributed by atoms with Gasteiger partial charge in [-0.1, -0.05) is 0 Å². The fourth-order valence-electron chi connectivity index (χ4n) is 4.52. The summed E-state index contributed by atoms with van der Waals surface area (Å²) in [5, 5.41) is 10.2. The molecule has 0 N–H and O–H groups in total. The molecule has 0 radical (unpaired) electrons. The predicted molar refractivity (Wildman–Crippen MR) is 61.8 cm³/mol. The highest BCUT2D eigenvalue weighted by atomic mass is 19.3. The van der Waals surface area contributed by atoms with Crippen LogP contribution in [0.4, 0.5) is 17.6 Å². The van der Waals surface area contributed by atoms with Crippen LogP contribution in [0.3, 0.4) is 0 Å². The fourth-order valence-corrected chi connectivity index (χ4v) is 4.52. The summed E-state index contributed by atoms with van der Waals surface area (Å²) in [5.74, 6) is -16.0. The summed E-state index contributed by atoms with van der Waals surface area (Å²) < 4.78 is 57.5. The van der Waals surface area contributed by atoms with E-state index in [-0.39, 0.29) is 11.8 Å². The second kappa shape index (κ2) is 4.83. The minimum atomic E-state index is -5.59. The van der Waals surface area contributed by atoms with Crippen LogP contribution < -0.4 is 5.11 Å². The molecule has 22 heavy (non-hydrogen) atoms. The first-order chi connectivity index (χ1) is 10.1. The lowest BCUT2D eigenvalue weighted by atomic mass is 9.55. The van der Waals surface area contributed by atoms with Gasteiger partial charge in [-0.3, -0.25) is 0 Å². The summed E-state index contributed by atoms with van der Waals surface area (Å²) >= 11 is 0. The van der Waals surface area contributed by atoms with Crippen molar-refractivity contribution < 1.29 is 37.0 Å². The van der Waals surface area contributed by atoms with Crippen molar-refractivity contribution in [2.75, 3.05) is 0 Å². The van der Waals surface area contributed by atoms with E-state index in [4.69, 9.17) is 0 Å². The molecule has 0 aliphatic heterocycles. The first kappa shape index (κ1) is 15.6.